The van der Waals surface area contributed by atoms with Crippen LogP contribution in [0.2, 0.25) is 0 Å². The normalized spacial score (nSPS) is 14.0. The first-order chi connectivity index (χ1) is 16.8. The van der Waals surface area contributed by atoms with E-state index in [1.54, 1.807) is 32.0 Å². The lowest BCUT2D eigenvalue weighted by atomic mass is 10.0. The number of benzene rings is 1. The van der Waals surface area contributed by atoms with E-state index >= 15 is 0 Å². The van der Waals surface area contributed by atoms with Gasteiger partial charge in [0.15, 0.2) is 0 Å². The monoisotopic (exact) mass is 480 g/mol. The SMILES string of the molecule is CC(C)(C(=O)NCCOc1cc(N2CCCCC2)ncn1)n1nc(-c2ccc(F)cc2)ccc1=O. The summed E-state index contributed by atoms with van der Waals surface area (Å²) in [4.78, 5) is 36.1. The fourth-order valence-electron chi connectivity index (χ4n) is 3.92. The molecule has 1 amide bonds. The van der Waals surface area contributed by atoms with Crippen LogP contribution in [0.25, 0.3) is 11.3 Å². The highest BCUT2D eigenvalue weighted by Crippen LogP contribution is 2.21. The molecule has 0 unspecified atom stereocenters. The van der Waals surface area contributed by atoms with Crippen LogP contribution in [0.4, 0.5) is 10.2 Å². The van der Waals surface area contributed by atoms with E-state index in [0.29, 0.717) is 17.1 Å². The van der Waals surface area contributed by atoms with Crippen molar-refractivity contribution in [3.63, 3.8) is 0 Å². The Morgan fingerprint density at radius 2 is 1.83 bits per heavy atom. The predicted molar refractivity (Wildman–Crippen MR) is 130 cm³/mol. The van der Waals surface area contributed by atoms with Gasteiger partial charge in [-0.1, -0.05) is 0 Å². The fraction of sp³-hybridized carbons (Fsp3) is 0.400. The molecule has 0 saturated carbocycles. The van der Waals surface area contributed by atoms with Crippen LogP contribution in [0.1, 0.15) is 33.1 Å². The highest BCUT2D eigenvalue weighted by Gasteiger charge is 2.32. The number of carbonyl (C=O) groups excluding carboxylic acids is 1. The zero-order valence-electron chi connectivity index (χ0n) is 19.9. The first kappa shape index (κ1) is 24.3. The summed E-state index contributed by atoms with van der Waals surface area (Å²) in [6, 6.07) is 10.5. The number of nitrogens with one attached hydrogen (secondary N) is 1. The second-order valence-electron chi connectivity index (χ2n) is 8.90. The largest absolute Gasteiger partial charge is 0.476 e. The average Bonchev–Trinajstić information content (AvgIpc) is 2.88. The number of ether oxygens (including phenoxy) is 1. The molecule has 1 aromatic carbocycles. The van der Waals surface area contributed by atoms with Gasteiger partial charge in [-0.15, -0.1) is 0 Å². The maximum Gasteiger partial charge on any atom is 0.267 e. The van der Waals surface area contributed by atoms with Gasteiger partial charge in [0.1, 0.15) is 30.1 Å². The van der Waals surface area contributed by atoms with Crippen molar-refractivity contribution in [1.82, 2.24) is 25.1 Å². The average molecular weight is 481 g/mol. The van der Waals surface area contributed by atoms with Gasteiger partial charge in [-0.2, -0.15) is 5.10 Å². The quantitative estimate of drug-likeness (QED) is 0.495. The third-order valence-electron chi connectivity index (χ3n) is 5.97. The Morgan fingerprint density at radius 1 is 1.09 bits per heavy atom. The number of rotatable bonds is 8. The Morgan fingerprint density at radius 3 is 2.57 bits per heavy atom. The Kier molecular flexibility index (Phi) is 7.38. The molecular formula is C25H29FN6O3. The highest BCUT2D eigenvalue weighted by atomic mass is 19.1. The molecule has 9 nitrogen and oxygen atoms in total. The van der Waals surface area contributed by atoms with Gasteiger partial charge in [-0.25, -0.2) is 19.0 Å². The van der Waals surface area contributed by atoms with Gasteiger partial charge in [0, 0.05) is 30.8 Å². The van der Waals surface area contributed by atoms with E-state index in [0.717, 1.165) is 36.4 Å². The van der Waals surface area contributed by atoms with Crippen molar-refractivity contribution in [3.05, 3.63) is 65.0 Å². The van der Waals surface area contributed by atoms with Crippen LogP contribution < -0.4 is 20.5 Å². The molecular weight excluding hydrogens is 451 g/mol. The van der Waals surface area contributed by atoms with Gasteiger partial charge in [-0.3, -0.25) is 9.59 Å². The van der Waals surface area contributed by atoms with Gasteiger partial charge < -0.3 is 15.0 Å². The molecule has 1 aliphatic heterocycles. The third-order valence-corrected chi connectivity index (χ3v) is 5.97. The van der Waals surface area contributed by atoms with Crippen molar-refractivity contribution in [2.45, 2.75) is 38.6 Å². The maximum atomic E-state index is 13.3. The first-order valence-corrected chi connectivity index (χ1v) is 11.7. The van der Waals surface area contributed by atoms with E-state index in [1.165, 1.54) is 30.9 Å². The fourth-order valence-corrected chi connectivity index (χ4v) is 3.92. The minimum atomic E-state index is -1.26. The van der Waals surface area contributed by atoms with Crippen LogP contribution in [0.15, 0.2) is 53.6 Å². The summed E-state index contributed by atoms with van der Waals surface area (Å²) in [6.07, 6.45) is 5.01. The molecule has 3 aromatic rings. The first-order valence-electron chi connectivity index (χ1n) is 11.7. The lowest BCUT2D eigenvalue weighted by molar-refractivity contribution is -0.129. The van der Waals surface area contributed by atoms with Gasteiger partial charge in [0.2, 0.25) is 11.8 Å². The van der Waals surface area contributed by atoms with Crippen molar-refractivity contribution >= 4 is 11.7 Å². The predicted octanol–water partition coefficient (Wildman–Crippen LogP) is 2.76. The molecule has 35 heavy (non-hydrogen) atoms. The van der Waals surface area contributed by atoms with Crippen LogP contribution in [0.3, 0.4) is 0 Å². The summed E-state index contributed by atoms with van der Waals surface area (Å²) in [5.74, 6) is 0.530. The Balaban J connectivity index is 1.36. The number of nitrogens with zero attached hydrogens (tertiary/aromatic N) is 5. The van der Waals surface area contributed by atoms with Crippen LogP contribution >= 0.6 is 0 Å². The van der Waals surface area contributed by atoms with E-state index in [9.17, 15) is 14.0 Å². The summed E-state index contributed by atoms with van der Waals surface area (Å²) in [7, 11) is 0. The van der Waals surface area contributed by atoms with Crippen LogP contribution in [0.5, 0.6) is 5.88 Å². The minimum absolute atomic E-state index is 0.205. The lowest BCUT2D eigenvalue weighted by Crippen LogP contribution is -2.50. The van der Waals surface area contributed by atoms with E-state index in [-0.39, 0.29) is 24.9 Å². The molecule has 1 fully saturated rings. The number of carbonyl (C=O) groups is 1. The minimum Gasteiger partial charge on any atom is -0.476 e. The number of halogens is 1. The third kappa shape index (κ3) is 5.82. The Hall–Kier alpha value is -3.82. The zero-order chi connectivity index (χ0) is 24.8. The van der Waals surface area contributed by atoms with Crippen molar-refractivity contribution in [3.8, 4) is 17.1 Å². The summed E-state index contributed by atoms with van der Waals surface area (Å²) in [6.45, 7) is 5.59. The number of anilines is 1. The van der Waals surface area contributed by atoms with Crippen molar-refractivity contribution in [1.29, 1.82) is 0 Å². The van der Waals surface area contributed by atoms with Crippen LogP contribution in [0, 0.1) is 5.82 Å². The van der Waals surface area contributed by atoms with Crippen molar-refractivity contribution in [2.75, 3.05) is 31.1 Å². The second kappa shape index (κ2) is 10.6. The smallest absolute Gasteiger partial charge is 0.267 e. The molecule has 2 aromatic heterocycles. The Bertz CT molecular complexity index is 1220. The summed E-state index contributed by atoms with van der Waals surface area (Å²) in [5, 5.41) is 7.16. The summed E-state index contributed by atoms with van der Waals surface area (Å²) >= 11 is 0. The molecule has 1 N–H and O–H groups in total. The highest BCUT2D eigenvalue weighted by molar-refractivity contribution is 5.83. The molecule has 0 atom stereocenters. The number of amides is 1. The molecule has 10 heteroatoms. The van der Waals surface area contributed by atoms with E-state index in [1.807, 2.05) is 6.07 Å². The molecule has 0 bridgehead atoms. The number of piperidine rings is 1. The molecule has 0 radical (unpaired) electrons. The summed E-state index contributed by atoms with van der Waals surface area (Å²) < 4.78 is 20.1. The van der Waals surface area contributed by atoms with Gasteiger partial charge in [0.05, 0.1) is 12.2 Å². The topological polar surface area (TPSA) is 102 Å². The maximum absolute atomic E-state index is 13.3. The molecule has 0 aliphatic carbocycles. The number of hydrogen-bond acceptors (Lipinski definition) is 7. The van der Waals surface area contributed by atoms with E-state index in [4.69, 9.17) is 4.74 Å². The Labute approximate surface area is 203 Å². The van der Waals surface area contributed by atoms with Crippen LogP contribution in [-0.4, -0.2) is 51.9 Å². The molecule has 184 valence electrons. The number of hydrogen-bond donors (Lipinski definition) is 1. The summed E-state index contributed by atoms with van der Waals surface area (Å²) in [5.41, 5.74) is -0.581. The number of aromatic nitrogens is 4. The van der Waals surface area contributed by atoms with Crippen molar-refractivity contribution in [2.24, 2.45) is 0 Å². The van der Waals surface area contributed by atoms with Crippen LogP contribution in [-0.2, 0) is 10.3 Å². The zero-order valence-corrected chi connectivity index (χ0v) is 19.9. The molecule has 0 spiro atoms. The molecule has 3 heterocycles. The molecule has 4 rings (SSSR count). The van der Waals surface area contributed by atoms with E-state index in [2.05, 4.69) is 25.3 Å². The lowest BCUT2D eigenvalue weighted by Gasteiger charge is -2.27. The standard InChI is InChI=1S/C25H29FN6O3/c1-25(2,32-23(33)11-10-20(30-32)18-6-8-19(26)9-7-18)24(34)27-12-15-35-22-16-21(28-17-29-22)31-13-4-3-5-14-31/h6-11,16-17H,3-5,12-15H2,1-2H3,(H,27,34). The molecule has 1 saturated heterocycles. The van der Waals surface area contributed by atoms with Gasteiger partial charge in [-0.05, 0) is 63.4 Å². The van der Waals surface area contributed by atoms with E-state index < -0.39 is 11.1 Å². The molecule has 1 aliphatic rings. The van der Waals surface area contributed by atoms with Gasteiger partial charge >= 0.3 is 0 Å². The van der Waals surface area contributed by atoms with Gasteiger partial charge in [0.25, 0.3) is 5.56 Å². The second-order valence-corrected chi connectivity index (χ2v) is 8.90. The van der Waals surface area contributed by atoms with Crippen molar-refractivity contribution < 1.29 is 13.9 Å².